The summed E-state index contributed by atoms with van der Waals surface area (Å²) in [5, 5.41) is 3.43. The van der Waals surface area contributed by atoms with Crippen LogP contribution >= 0.6 is 15.9 Å². The Bertz CT molecular complexity index is 321. The van der Waals surface area contributed by atoms with E-state index in [1.54, 1.807) is 0 Å². The minimum atomic E-state index is 0.864. The van der Waals surface area contributed by atoms with Gasteiger partial charge in [0.25, 0.3) is 0 Å². The molecular formula is C11H15BrN2. The summed E-state index contributed by atoms with van der Waals surface area (Å²) in [4.78, 5) is 0. The normalized spacial score (nSPS) is 15.8. The minimum absolute atomic E-state index is 0.864. The first-order valence-electron chi connectivity index (χ1n) is 5.00. The Morgan fingerprint density at radius 2 is 2.21 bits per heavy atom. The highest BCUT2D eigenvalue weighted by Gasteiger charge is 2.20. The lowest BCUT2D eigenvalue weighted by molar-refractivity contribution is 0.639. The molecule has 1 aromatic rings. The summed E-state index contributed by atoms with van der Waals surface area (Å²) >= 11 is 3.40. The van der Waals surface area contributed by atoms with Gasteiger partial charge in [0.2, 0.25) is 0 Å². The van der Waals surface area contributed by atoms with Crippen LogP contribution in [0.5, 0.6) is 0 Å². The molecule has 0 unspecified atom stereocenters. The standard InChI is InChI=1S/C11H15BrN2/c12-10-4-3-9(11(13)5-10)7-14-6-8-1-2-8/h3-5,8,14H,1-2,6-7,13H2. The van der Waals surface area contributed by atoms with E-state index < -0.39 is 0 Å². The number of hydrogen-bond donors (Lipinski definition) is 2. The van der Waals surface area contributed by atoms with Gasteiger partial charge < -0.3 is 11.1 Å². The van der Waals surface area contributed by atoms with E-state index in [-0.39, 0.29) is 0 Å². The summed E-state index contributed by atoms with van der Waals surface area (Å²) in [7, 11) is 0. The zero-order valence-electron chi connectivity index (χ0n) is 8.09. The van der Waals surface area contributed by atoms with Gasteiger partial charge in [-0.15, -0.1) is 0 Å². The summed E-state index contributed by atoms with van der Waals surface area (Å²) in [5.41, 5.74) is 7.94. The average molecular weight is 255 g/mol. The van der Waals surface area contributed by atoms with Crippen LogP contribution in [0.1, 0.15) is 18.4 Å². The van der Waals surface area contributed by atoms with Crippen LogP contribution in [0.2, 0.25) is 0 Å². The summed E-state index contributed by atoms with van der Waals surface area (Å²) in [6.45, 7) is 2.02. The van der Waals surface area contributed by atoms with E-state index in [0.29, 0.717) is 0 Å². The smallest absolute Gasteiger partial charge is 0.0370 e. The Labute approximate surface area is 93.0 Å². The van der Waals surface area contributed by atoms with Crippen molar-refractivity contribution in [3.8, 4) is 0 Å². The molecule has 3 N–H and O–H groups in total. The lowest BCUT2D eigenvalue weighted by Crippen LogP contribution is -2.16. The Hall–Kier alpha value is -0.540. The van der Waals surface area contributed by atoms with Crippen molar-refractivity contribution in [1.29, 1.82) is 0 Å². The highest BCUT2D eigenvalue weighted by Crippen LogP contribution is 2.27. The molecule has 0 saturated heterocycles. The lowest BCUT2D eigenvalue weighted by atomic mass is 10.2. The van der Waals surface area contributed by atoms with E-state index in [1.165, 1.54) is 18.4 Å². The quantitative estimate of drug-likeness (QED) is 0.811. The molecular weight excluding hydrogens is 240 g/mol. The minimum Gasteiger partial charge on any atom is -0.398 e. The van der Waals surface area contributed by atoms with Gasteiger partial charge >= 0.3 is 0 Å². The molecule has 2 nitrogen and oxygen atoms in total. The van der Waals surface area contributed by atoms with Crippen molar-refractivity contribution in [3.63, 3.8) is 0 Å². The van der Waals surface area contributed by atoms with Crippen molar-refractivity contribution in [1.82, 2.24) is 5.32 Å². The van der Waals surface area contributed by atoms with Crippen LogP contribution in [0, 0.1) is 5.92 Å². The van der Waals surface area contributed by atoms with Gasteiger partial charge in [0.15, 0.2) is 0 Å². The molecule has 0 spiro atoms. The van der Waals surface area contributed by atoms with Crippen LogP contribution in [0.3, 0.4) is 0 Å². The molecule has 1 fully saturated rings. The maximum absolute atomic E-state index is 5.88. The molecule has 76 valence electrons. The highest BCUT2D eigenvalue weighted by atomic mass is 79.9. The average Bonchev–Trinajstić information content (AvgIpc) is 2.92. The highest BCUT2D eigenvalue weighted by molar-refractivity contribution is 9.10. The fourth-order valence-corrected chi connectivity index (χ4v) is 1.84. The number of nitrogens with one attached hydrogen (secondary N) is 1. The lowest BCUT2D eigenvalue weighted by Gasteiger charge is -2.07. The fraction of sp³-hybridized carbons (Fsp3) is 0.455. The number of nitrogens with two attached hydrogens (primary N) is 1. The predicted molar refractivity (Wildman–Crippen MR) is 63.0 cm³/mol. The Balaban J connectivity index is 1.87. The molecule has 0 heterocycles. The molecule has 2 rings (SSSR count). The van der Waals surface area contributed by atoms with Gasteiger partial charge in [0.05, 0.1) is 0 Å². The Morgan fingerprint density at radius 3 is 2.86 bits per heavy atom. The van der Waals surface area contributed by atoms with Gasteiger partial charge in [0.1, 0.15) is 0 Å². The molecule has 1 aromatic carbocycles. The Morgan fingerprint density at radius 1 is 1.43 bits per heavy atom. The van der Waals surface area contributed by atoms with Crippen LogP contribution in [0.15, 0.2) is 22.7 Å². The maximum Gasteiger partial charge on any atom is 0.0370 e. The monoisotopic (exact) mass is 254 g/mol. The van der Waals surface area contributed by atoms with Crippen molar-refractivity contribution in [3.05, 3.63) is 28.2 Å². The Kier molecular flexibility index (Phi) is 3.08. The van der Waals surface area contributed by atoms with Crippen LogP contribution in [0.25, 0.3) is 0 Å². The first-order valence-corrected chi connectivity index (χ1v) is 5.79. The predicted octanol–water partition coefficient (Wildman–Crippen LogP) is 2.53. The molecule has 3 heteroatoms. The van der Waals surface area contributed by atoms with Crippen molar-refractivity contribution in [2.24, 2.45) is 5.92 Å². The van der Waals surface area contributed by atoms with Gasteiger partial charge in [-0.2, -0.15) is 0 Å². The van der Waals surface area contributed by atoms with Gasteiger partial charge in [-0.3, -0.25) is 0 Å². The molecule has 14 heavy (non-hydrogen) atoms. The van der Waals surface area contributed by atoms with Gasteiger partial charge in [-0.1, -0.05) is 22.0 Å². The number of benzene rings is 1. The first kappa shape index (κ1) is 9.99. The van der Waals surface area contributed by atoms with E-state index in [1.807, 2.05) is 12.1 Å². The molecule has 0 radical (unpaired) electrons. The van der Waals surface area contributed by atoms with Crippen LogP contribution in [-0.4, -0.2) is 6.54 Å². The zero-order valence-corrected chi connectivity index (χ0v) is 9.68. The van der Waals surface area contributed by atoms with E-state index in [0.717, 1.165) is 29.2 Å². The third-order valence-electron chi connectivity index (χ3n) is 2.55. The van der Waals surface area contributed by atoms with E-state index >= 15 is 0 Å². The first-order chi connectivity index (χ1) is 6.75. The molecule has 0 atom stereocenters. The summed E-state index contributed by atoms with van der Waals surface area (Å²) in [6, 6.07) is 6.05. The second-order valence-corrected chi connectivity index (χ2v) is 4.83. The van der Waals surface area contributed by atoms with E-state index in [4.69, 9.17) is 5.73 Å². The summed E-state index contributed by atoms with van der Waals surface area (Å²) in [6.07, 6.45) is 2.78. The van der Waals surface area contributed by atoms with E-state index in [9.17, 15) is 0 Å². The van der Waals surface area contributed by atoms with Crippen LogP contribution in [-0.2, 0) is 6.54 Å². The second kappa shape index (κ2) is 4.32. The molecule has 0 aromatic heterocycles. The van der Waals surface area contributed by atoms with Crippen LogP contribution in [0.4, 0.5) is 5.69 Å². The van der Waals surface area contributed by atoms with Crippen molar-refractivity contribution in [2.75, 3.05) is 12.3 Å². The van der Waals surface area contributed by atoms with Gasteiger partial charge in [-0.05, 0) is 43.0 Å². The van der Waals surface area contributed by atoms with Crippen molar-refractivity contribution >= 4 is 21.6 Å². The number of rotatable bonds is 4. The number of hydrogen-bond acceptors (Lipinski definition) is 2. The van der Waals surface area contributed by atoms with E-state index in [2.05, 4.69) is 27.3 Å². The fourth-order valence-electron chi connectivity index (χ4n) is 1.46. The summed E-state index contributed by atoms with van der Waals surface area (Å²) < 4.78 is 1.04. The van der Waals surface area contributed by atoms with Gasteiger partial charge in [0, 0.05) is 16.7 Å². The van der Waals surface area contributed by atoms with Crippen molar-refractivity contribution < 1.29 is 0 Å². The molecule has 0 amide bonds. The SMILES string of the molecule is Nc1cc(Br)ccc1CNCC1CC1. The second-order valence-electron chi connectivity index (χ2n) is 3.92. The van der Waals surface area contributed by atoms with Gasteiger partial charge in [-0.25, -0.2) is 0 Å². The third-order valence-corrected chi connectivity index (χ3v) is 3.05. The van der Waals surface area contributed by atoms with Crippen molar-refractivity contribution in [2.45, 2.75) is 19.4 Å². The molecule has 1 aliphatic carbocycles. The third kappa shape index (κ3) is 2.72. The molecule has 0 aliphatic heterocycles. The molecule has 1 aliphatic rings. The number of halogens is 1. The number of nitrogen functional groups attached to an aromatic ring is 1. The zero-order chi connectivity index (χ0) is 9.97. The summed E-state index contributed by atoms with van der Waals surface area (Å²) in [5.74, 6) is 0.923. The number of anilines is 1. The topological polar surface area (TPSA) is 38.0 Å². The largest absolute Gasteiger partial charge is 0.398 e. The van der Waals surface area contributed by atoms with Crippen LogP contribution < -0.4 is 11.1 Å². The molecule has 1 saturated carbocycles. The molecule has 0 bridgehead atoms. The maximum atomic E-state index is 5.88.